The molecular formula is C14H17N3O2S. The molecule has 5 nitrogen and oxygen atoms in total. The van der Waals surface area contributed by atoms with Crippen molar-refractivity contribution in [1.29, 1.82) is 0 Å². The molecule has 0 amide bonds. The molecule has 0 aliphatic carbocycles. The third-order valence-corrected chi connectivity index (χ3v) is 3.94. The molecule has 106 valence electrons. The molecule has 0 fully saturated rings. The highest BCUT2D eigenvalue weighted by Crippen LogP contribution is 2.29. The van der Waals surface area contributed by atoms with Gasteiger partial charge in [0.25, 0.3) is 5.69 Å². The molecule has 0 bridgehead atoms. The van der Waals surface area contributed by atoms with Crippen molar-refractivity contribution in [2.45, 2.75) is 6.92 Å². The molecule has 1 atom stereocenters. The van der Waals surface area contributed by atoms with Crippen molar-refractivity contribution in [2.75, 3.05) is 23.9 Å². The van der Waals surface area contributed by atoms with Crippen molar-refractivity contribution < 1.29 is 4.92 Å². The fraction of sp³-hybridized carbons (Fsp3) is 0.357. The number of hydrogen-bond acceptors (Lipinski definition) is 5. The van der Waals surface area contributed by atoms with Gasteiger partial charge < -0.3 is 5.32 Å². The number of nitrogens with zero attached hydrogens (tertiary/aromatic N) is 2. The Labute approximate surface area is 121 Å². The van der Waals surface area contributed by atoms with Gasteiger partial charge in [0, 0.05) is 29.9 Å². The van der Waals surface area contributed by atoms with E-state index in [1.165, 1.54) is 6.07 Å². The molecule has 0 radical (unpaired) electrons. The number of fused-ring (bicyclic) bond motifs is 1. The van der Waals surface area contributed by atoms with Gasteiger partial charge in [0.2, 0.25) is 0 Å². The van der Waals surface area contributed by atoms with Crippen LogP contribution in [0.15, 0.2) is 30.5 Å². The molecule has 1 N–H and O–H groups in total. The number of aromatic nitrogens is 1. The number of benzene rings is 1. The standard InChI is InChI=1S/C14H17N3O2S/c1-10(9-20-2)8-16-12-5-6-13(17(18)19)14-11(12)4-3-7-15-14/h3-7,10,16H,8-9H2,1-2H3. The summed E-state index contributed by atoms with van der Waals surface area (Å²) in [6.45, 7) is 3.01. The minimum atomic E-state index is -0.393. The Kier molecular flexibility index (Phi) is 4.79. The summed E-state index contributed by atoms with van der Waals surface area (Å²) in [5.41, 5.74) is 1.37. The molecule has 6 heteroatoms. The molecule has 0 spiro atoms. The van der Waals surface area contributed by atoms with Gasteiger partial charge in [-0.15, -0.1) is 0 Å². The molecule has 20 heavy (non-hydrogen) atoms. The fourth-order valence-electron chi connectivity index (χ4n) is 2.09. The lowest BCUT2D eigenvalue weighted by atomic mass is 10.1. The molecule has 2 rings (SSSR count). The lowest BCUT2D eigenvalue weighted by molar-refractivity contribution is -0.383. The van der Waals surface area contributed by atoms with E-state index in [2.05, 4.69) is 23.5 Å². The molecule has 2 aromatic rings. The van der Waals surface area contributed by atoms with Crippen LogP contribution in [-0.2, 0) is 0 Å². The molecule has 1 aromatic heterocycles. The second-order valence-corrected chi connectivity index (χ2v) is 5.64. The number of anilines is 1. The maximum Gasteiger partial charge on any atom is 0.295 e. The monoisotopic (exact) mass is 291 g/mol. The summed E-state index contributed by atoms with van der Waals surface area (Å²) in [6, 6.07) is 6.92. The van der Waals surface area contributed by atoms with Gasteiger partial charge in [-0.25, -0.2) is 4.98 Å². The first-order valence-corrected chi connectivity index (χ1v) is 7.77. The average Bonchev–Trinajstić information content (AvgIpc) is 2.44. The lowest BCUT2D eigenvalue weighted by Gasteiger charge is -2.14. The van der Waals surface area contributed by atoms with E-state index in [1.54, 1.807) is 18.3 Å². The van der Waals surface area contributed by atoms with E-state index in [1.807, 2.05) is 17.8 Å². The number of nitrogens with one attached hydrogen (secondary N) is 1. The van der Waals surface area contributed by atoms with Crippen molar-refractivity contribution in [1.82, 2.24) is 4.98 Å². The highest BCUT2D eigenvalue weighted by molar-refractivity contribution is 7.98. The van der Waals surface area contributed by atoms with E-state index in [0.717, 1.165) is 23.4 Å². The van der Waals surface area contributed by atoms with Crippen LogP contribution in [-0.4, -0.2) is 28.5 Å². The maximum absolute atomic E-state index is 11.0. The van der Waals surface area contributed by atoms with E-state index in [9.17, 15) is 10.1 Å². The Hall–Kier alpha value is -1.82. The first-order chi connectivity index (χ1) is 9.63. The number of rotatable bonds is 6. The fourth-order valence-corrected chi connectivity index (χ4v) is 2.77. The predicted molar refractivity (Wildman–Crippen MR) is 84.4 cm³/mol. The summed E-state index contributed by atoms with van der Waals surface area (Å²) in [6.07, 6.45) is 3.66. The Morgan fingerprint density at radius 3 is 2.95 bits per heavy atom. The summed E-state index contributed by atoms with van der Waals surface area (Å²) < 4.78 is 0. The van der Waals surface area contributed by atoms with Crippen molar-refractivity contribution in [3.63, 3.8) is 0 Å². The zero-order valence-corrected chi connectivity index (χ0v) is 12.3. The van der Waals surface area contributed by atoms with Gasteiger partial charge in [0.05, 0.1) is 4.92 Å². The summed E-state index contributed by atoms with van der Waals surface area (Å²) in [4.78, 5) is 14.8. The maximum atomic E-state index is 11.0. The number of nitro benzene ring substituents is 1. The highest BCUT2D eigenvalue weighted by atomic mass is 32.2. The second kappa shape index (κ2) is 6.56. The van der Waals surface area contributed by atoms with Gasteiger partial charge in [-0.05, 0) is 36.1 Å². The van der Waals surface area contributed by atoms with Gasteiger partial charge in [-0.1, -0.05) is 6.92 Å². The van der Waals surface area contributed by atoms with Crippen molar-refractivity contribution >= 4 is 34.0 Å². The zero-order chi connectivity index (χ0) is 14.5. The first-order valence-electron chi connectivity index (χ1n) is 6.38. The SMILES string of the molecule is CSCC(C)CNc1ccc([N+](=O)[O-])c2ncccc12. The first kappa shape index (κ1) is 14.6. The summed E-state index contributed by atoms with van der Waals surface area (Å²) in [5, 5.41) is 15.2. The van der Waals surface area contributed by atoms with Gasteiger partial charge in [0.1, 0.15) is 5.52 Å². The number of non-ortho nitro benzene ring substituents is 1. The van der Waals surface area contributed by atoms with Crippen LogP contribution in [0.25, 0.3) is 10.9 Å². The zero-order valence-electron chi connectivity index (χ0n) is 11.5. The molecule has 1 heterocycles. The van der Waals surface area contributed by atoms with Crippen molar-refractivity contribution in [3.05, 3.63) is 40.6 Å². The lowest BCUT2D eigenvalue weighted by Crippen LogP contribution is -2.13. The van der Waals surface area contributed by atoms with Crippen LogP contribution < -0.4 is 5.32 Å². The number of pyridine rings is 1. The average molecular weight is 291 g/mol. The Morgan fingerprint density at radius 2 is 2.25 bits per heavy atom. The van der Waals surface area contributed by atoms with Crippen LogP contribution in [0.3, 0.4) is 0 Å². The van der Waals surface area contributed by atoms with E-state index >= 15 is 0 Å². The smallest absolute Gasteiger partial charge is 0.295 e. The minimum Gasteiger partial charge on any atom is -0.384 e. The van der Waals surface area contributed by atoms with Crippen LogP contribution in [0.2, 0.25) is 0 Å². The molecule has 1 unspecified atom stereocenters. The Bertz CT molecular complexity index is 618. The van der Waals surface area contributed by atoms with Gasteiger partial charge in [0.15, 0.2) is 0 Å². The summed E-state index contributed by atoms with van der Waals surface area (Å²) in [7, 11) is 0. The van der Waals surface area contributed by atoms with E-state index in [-0.39, 0.29) is 5.69 Å². The Balaban J connectivity index is 2.31. The second-order valence-electron chi connectivity index (χ2n) is 4.73. The number of hydrogen-bond donors (Lipinski definition) is 1. The van der Waals surface area contributed by atoms with Gasteiger partial charge in [-0.2, -0.15) is 11.8 Å². The summed E-state index contributed by atoms with van der Waals surface area (Å²) >= 11 is 1.81. The highest BCUT2D eigenvalue weighted by Gasteiger charge is 2.15. The molecule has 1 aromatic carbocycles. The van der Waals surface area contributed by atoms with Crippen molar-refractivity contribution in [2.24, 2.45) is 5.92 Å². The largest absolute Gasteiger partial charge is 0.384 e. The van der Waals surface area contributed by atoms with Crippen molar-refractivity contribution in [3.8, 4) is 0 Å². The number of nitro groups is 1. The van der Waals surface area contributed by atoms with Crippen LogP contribution in [0.4, 0.5) is 11.4 Å². The topological polar surface area (TPSA) is 68.1 Å². The predicted octanol–water partition coefficient (Wildman–Crippen LogP) is 3.55. The normalized spacial score (nSPS) is 12.3. The quantitative estimate of drug-likeness (QED) is 0.651. The molecule has 0 saturated carbocycles. The molecule has 0 saturated heterocycles. The minimum absolute atomic E-state index is 0.0447. The van der Waals surface area contributed by atoms with E-state index in [4.69, 9.17) is 0 Å². The third kappa shape index (κ3) is 3.19. The van der Waals surface area contributed by atoms with Crippen LogP contribution in [0.5, 0.6) is 0 Å². The van der Waals surface area contributed by atoms with Crippen LogP contribution in [0, 0.1) is 16.0 Å². The summed E-state index contributed by atoms with van der Waals surface area (Å²) in [5.74, 6) is 1.61. The number of thioether (sulfide) groups is 1. The molecule has 0 aliphatic rings. The van der Waals surface area contributed by atoms with Gasteiger partial charge >= 0.3 is 0 Å². The van der Waals surface area contributed by atoms with Crippen LogP contribution in [0.1, 0.15) is 6.92 Å². The van der Waals surface area contributed by atoms with Crippen LogP contribution >= 0.6 is 11.8 Å². The third-order valence-electron chi connectivity index (χ3n) is 3.04. The molecular weight excluding hydrogens is 274 g/mol. The van der Waals surface area contributed by atoms with E-state index < -0.39 is 4.92 Å². The van der Waals surface area contributed by atoms with Gasteiger partial charge in [-0.3, -0.25) is 10.1 Å². The Morgan fingerprint density at radius 1 is 1.45 bits per heavy atom. The van der Waals surface area contributed by atoms with E-state index in [0.29, 0.717) is 11.4 Å². The molecule has 0 aliphatic heterocycles.